The van der Waals surface area contributed by atoms with Crippen molar-refractivity contribution in [1.82, 2.24) is 0 Å². The summed E-state index contributed by atoms with van der Waals surface area (Å²) in [5.74, 6) is -0.730. The van der Waals surface area contributed by atoms with Crippen LogP contribution in [-0.4, -0.2) is 76.2 Å². The number of carbonyl (C=O) groups is 2. The third kappa shape index (κ3) is 7.69. The number of ether oxygens (including phenoxy) is 2. The van der Waals surface area contributed by atoms with E-state index >= 15 is 0 Å². The van der Waals surface area contributed by atoms with Gasteiger partial charge in [-0.2, -0.15) is 0 Å². The number of rotatable bonds is 2. The highest BCUT2D eigenvalue weighted by atomic mass is 16.5. The summed E-state index contributed by atoms with van der Waals surface area (Å²) in [6.45, 7) is 1.25. The van der Waals surface area contributed by atoms with E-state index in [1.165, 1.54) is 14.2 Å². The Morgan fingerprint density at radius 3 is 1.00 bits per heavy atom. The van der Waals surface area contributed by atoms with Gasteiger partial charge in [0.05, 0.1) is 14.2 Å². The Morgan fingerprint density at radius 1 is 0.444 bits per heavy atom. The van der Waals surface area contributed by atoms with Crippen molar-refractivity contribution < 1.29 is 19.1 Å². The predicted octanol–water partition coefficient (Wildman–Crippen LogP) is 9.11. The Bertz CT molecular complexity index is 2170. The van der Waals surface area contributed by atoms with Gasteiger partial charge in [0.2, 0.25) is 0 Å². The molecule has 6 aromatic rings. The lowest BCUT2D eigenvalue weighted by Gasteiger charge is -2.15. The maximum atomic E-state index is 13.0. The van der Waals surface area contributed by atoms with Crippen LogP contribution in [0.4, 0.5) is 0 Å². The minimum absolute atomic E-state index is 0.365. The number of fused-ring (bicyclic) bond motifs is 6. The maximum Gasteiger partial charge on any atom is 0.330 e. The van der Waals surface area contributed by atoms with Crippen LogP contribution in [0.1, 0.15) is 60.8 Å². The summed E-state index contributed by atoms with van der Waals surface area (Å²) < 4.78 is 10.4. The number of nitrogens with zero attached hydrogens (tertiary/aromatic N) is 4. The molecule has 0 saturated carbocycles. The van der Waals surface area contributed by atoms with E-state index in [9.17, 15) is 9.59 Å². The van der Waals surface area contributed by atoms with Crippen LogP contribution in [0.5, 0.6) is 0 Å². The molecular weight excluding hydrogens is 673 g/mol. The smallest absolute Gasteiger partial charge is 0.330 e. The molecule has 2 atom stereocenters. The SMILES string of the molecule is COC(=O)[C@@H]1CCCCN=Cc2c3ccccc3c(c3ccccc23)C=NCCCC[C@@H](C(=O)OC)N=Cc2c3ccccc3c(c3ccccc23)C=N1. The first-order valence-corrected chi connectivity index (χ1v) is 18.7. The van der Waals surface area contributed by atoms with Gasteiger partial charge in [-0.15, -0.1) is 0 Å². The molecule has 0 aliphatic carbocycles. The largest absolute Gasteiger partial charge is 0.467 e. The van der Waals surface area contributed by atoms with Crippen molar-refractivity contribution in [3.63, 3.8) is 0 Å². The predicted molar refractivity (Wildman–Crippen MR) is 222 cm³/mol. The van der Waals surface area contributed by atoms with Gasteiger partial charge >= 0.3 is 11.9 Å². The molecule has 6 aromatic carbocycles. The molecule has 0 spiro atoms. The van der Waals surface area contributed by atoms with E-state index in [0.29, 0.717) is 25.9 Å². The number of methoxy groups -OCH3 is 2. The third-order valence-corrected chi connectivity index (χ3v) is 10.2. The van der Waals surface area contributed by atoms with E-state index in [2.05, 4.69) is 72.8 Å². The number of carbonyl (C=O) groups excluding carboxylic acids is 2. The second-order valence-electron chi connectivity index (χ2n) is 13.5. The second kappa shape index (κ2) is 17.2. The average molecular weight is 717 g/mol. The van der Waals surface area contributed by atoms with Gasteiger partial charge < -0.3 is 9.47 Å². The van der Waals surface area contributed by atoms with Crippen LogP contribution < -0.4 is 0 Å². The molecule has 8 heteroatoms. The lowest BCUT2D eigenvalue weighted by Crippen LogP contribution is -2.20. The molecule has 1 aliphatic rings. The molecule has 54 heavy (non-hydrogen) atoms. The van der Waals surface area contributed by atoms with Gasteiger partial charge in [-0.25, -0.2) is 9.59 Å². The molecule has 0 amide bonds. The van der Waals surface area contributed by atoms with Crippen LogP contribution in [0.3, 0.4) is 0 Å². The minimum atomic E-state index is -0.654. The highest BCUT2D eigenvalue weighted by Crippen LogP contribution is 2.33. The quantitative estimate of drug-likeness (QED) is 0.132. The summed E-state index contributed by atoms with van der Waals surface area (Å²) >= 11 is 0. The third-order valence-electron chi connectivity index (χ3n) is 10.2. The Balaban J connectivity index is 1.29. The maximum absolute atomic E-state index is 13.0. The molecule has 1 heterocycles. The lowest BCUT2D eigenvalue weighted by atomic mass is 9.92. The van der Waals surface area contributed by atoms with E-state index in [1.807, 2.05) is 49.1 Å². The topological polar surface area (TPSA) is 102 Å². The molecule has 1 aliphatic heterocycles. The Hall–Kier alpha value is -6.02. The van der Waals surface area contributed by atoms with Gasteiger partial charge in [-0.05, 0) is 81.6 Å². The van der Waals surface area contributed by atoms with Gasteiger partial charge in [0.1, 0.15) is 12.1 Å². The normalized spacial score (nSPS) is 17.4. The van der Waals surface area contributed by atoms with E-state index in [-0.39, 0.29) is 11.9 Å². The van der Waals surface area contributed by atoms with Crippen LogP contribution in [0.25, 0.3) is 43.1 Å². The molecule has 4 bridgehead atoms. The fraction of sp³-hybridized carbons (Fsp3) is 0.261. The first-order valence-electron chi connectivity index (χ1n) is 18.7. The van der Waals surface area contributed by atoms with Crippen LogP contribution in [0, 0.1) is 0 Å². The van der Waals surface area contributed by atoms with Gasteiger partial charge in [-0.3, -0.25) is 20.0 Å². The molecule has 0 saturated heterocycles. The monoisotopic (exact) mass is 716 g/mol. The Morgan fingerprint density at radius 2 is 0.722 bits per heavy atom. The number of aliphatic imine (C=N–C) groups is 4. The number of esters is 2. The van der Waals surface area contributed by atoms with Gasteiger partial charge in [-0.1, -0.05) is 97.1 Å². The van der Waals surface area contributed by atoms with Crippen LogP contribution in [0.15, 0.2) is 117 Å². The van der Waals surface area contributed by atoms with Crippen molar-refractivity contribution in [3.05, 3.63) is 119 Å². The van der Waals surface area contributed by atoms with Crippen molar-refractivity contribution in [2.24, 2.45) is 20.0 Å². The molecule has 0 N–H and O–H groups in total. The first-order chi connectivity index (χ1) is 26.6. The number of hydrogen-bond donors (Lipinski definition) is 0. The van der Waals surface area contributed by atoms with Crippen LogP contribution in [-0.2, 0) is 19.1 Å². The average Bonchev–Trinajstić information content (AvgIpc) is 3.22. The fourth-order valence-corrected chi connectivity index (χ4v) is 7.45. The highest BCUT2D eigenvalue weighted by molar-refractivity contribution is 6.22. The molecule has 0 radical (unpaired) electrons. The van der Waals surface area contributed by atoms with Crippen molar-refractivity contribution in [1.29, 1.82) is 0 Å². The minimum Gasteiger partial charge on any atom is -0.467 e. The zero-order valence-electron chi connectivity index (χ0n) is 30.8. The van der Waals surface area contributed by atoms with Gasteiger partial charge in [0.15, 0.2) is 0 Å². The van der Waals surface area contributed by atoms with Gasteiger partial charge in [0.25, 0.3) is 0 Å². The van der Waals surface area contributed by atoms with Crippen molar-refractivity contribution in [2.45, 2.75) is 50.6 Å². The molecule has 272 valence electrons. The standard InChI is InChI=1S/C46H44N4O4/c1-53-45(51)43-23-11-13-25-47-27-39-31-15-3-5-17-33(31)40(34-18-6-4-16-32(34)39)28-48-26-14-12-24-44(46(52)54-2)50-30-42-37-21-9-7-19-35(37)41(29-49-43)36-20-8-10-22-38(36)42/h3-10,15-22,27-30,43-44H,11-14,23-26H2,1-2H3/t43-,44-/m0/s1. The number of benzene rings is 6. The first kappa shape index (κ1) is 36.3. The van der Waals surface area contributed by atoms with E-state index in [4.69, 9.17) is 29.4 Å². The molecule has 8 nitrogen and oxygen atoms in total. The molecule has 0 aromatic heterocycles. The summed E-state index contributed by atoms with van der Waals surface area (Å²) in [6.07, 6.45) is 11.8. The lowest BCUT2D eigenvalue weighted by molar-refractivity contribution is -0.143. The summed E-state index contributed by atoms with van der Waals surface area (Å²) in [6, 6.07) is 31.7. The molecule has 0 fully saturated rings. The zero-order chi connectivity index (χ0) is 37.3. The summed E-state index contributed by atoms with van der Waals surface area (Å²) in [5, 5.41) is 8.37. The van der Waals surface area contributed by atoms with Crippen molar-refractivity contribution in [3.8, 4) is 0 Å². The highest BCUT2D eigenvalue weighted by Gasteiger charge is 2.20. The van der Waals surface area contributed by atoms with Crippen molar-refractivity contribution in [2.75, 3.05) is 27.3 Å². The van der Waals surface area contributed by atoms with E-state index in [0.717, 1.165) is 91.0 Å². The summed E-state index contributed by atoms with van der Waals surface area (Å²) in [4.78, 5) is 45.5. The zero-order valence-corrected chi connectivity index (χ0v) is 30.8. The number of hydrogen-bond acceptors (Lipinski definition) is 8. The molecule has 7 rings (SSSR count). The Kier molecular flexibility index (Phi) is 11.6. The summed E-state index contributed by atoms with van der Waals surface area (Å²) in [7, 11) is 2.81. The van der Waals surface area contributed by atoms with Crippen LogP contribution >= 0.6 is 0 Å². The second-order valence-corrected chi connectivity index (χ2v) is 13.5. The summed E-state index contributed by atoms with van der Waals surface area (Å²) in [5.41, 5.74) is 3.98. The van der Waals surface area contributed by atoms with E-state index < -0.39 is 12.1 Å². The van der Waals surface area contributed by atoms with Crippen molar-refractivity contribution >= 4 is 79.9 Å². The molecule has 0 unspecified atom stereocenters. The van der Waals surface area contributed by atoms with E-state index in [1.54, 1.807) is 0 Å². The molecular formula is C46H44N4O4. The van der Waals surface area contributed by atoms with Gasteiger partial charge in [0, 0.05) is 60.2 Å². The Labute approximate surface area is 315 Å². The fourth-order valence-electron chi connectivity index (χ4n) is 7.45. The van der Waals surface area contributed by atoms with Crippen LogP contribution in [0.2, 0.25) is 0 Å².